The van der Waals surface area contributed by atoms with Gasteiger partial charge in [0.15, 0.2) is 6.61 Å². The minimum atomic E-state index is -0.378. The third kappa shape index (κ3) is 5.73. The predicted octanol–water partition coefficient (Wildman–Crippen LogP) is 4.71. The third-order valence-electron chi connectivity index (χ3n) is 3.13. The summed E-state index contributed by atoms with van der Waals surface area (Å²) in [5, 5.41) is 4.58. The molecule has 0 fully saturated rings. The largest absolute Gasteiger partial charge is 0.495 e. The van der Waals surface area contributed by atoms with Crippen molar-refractivity contribution in [2.75, 3.05) is 13.7 Å². The molecular formula is C17H15Br2ClN2O3. The number of amides is 1. The summed E-state index contributed by atoms with van der Waals surface area (Å²) in [7, 11) is 1.56. The van der Waals surface area contributed by atoms with E-state index in [1.165, 1.54) is 6.21 Å². The van der Waals surface area contributed by atoms with Gasteiger partial charge in [-0.3, -0.25) is 4.79 Å². The number of benzene rings is 2. The van der Waals surface area contributed by atoms with Crippen LogP contribution < -0.4 is 14.9 Å². The SMILES string of the molecule is COc1c(Br)cc(Br)cc1/C=N/NC(=O)COc1ccc(Cl)c(C)c1. The Morgan fingerprint density at radius 2 is 2.08 bits per heavy atom. The van der Waals surface area contributed by atoms with Crippen LogP contribution in [0.2, 0.25) is 5.02 Å². The van der Waals surface area contributed by atoms with Gasteiger partial charge in [-0.25, -0.2) is 5.43 Å². The van der Waals surface area contributed by atoms with E-state index in [0.717, 1.165) is 14.5 Å². The maximum absolute atomic E-state index is 11.8. The van der Waals surface area contributed by atoms with Crippen LogP contribution in [0.25, 0.3) is 0 Å². The van der Waals surface area contributed by atoms with Gasteiger partial charge in [-0.2, -0.15) is 5.10 Å². The van der Waals surface area contributed by atoms with E-state index in [9.17, 15) is 4.79 Å². The summed E-state index contributed by atoms with van der Waals surface area (Å²) in [6, 6.07) is 8.88. The van der Waals surface area contributed by atoms with E-state index in [0.29, 0.717) is 22.1 Å². The summed E-state index contributed by atoms with van der Waals surface area (Å²) >= 11 is 12.7. The number of aryl methyl sites for hydroxylation is 1. The molecule has 0 aliphatic carbocycles. The van der Waals surface area contributed by atoms with Crippen LogP contribution in [0.1, 0.15) is 11.1 Å². The second-order valence-corrected chi connectivity index (χ2v) is 7.18. The molecule has 0 saturated carbocycles. The third-order valence-corrected chi connectivity index (χ3v) is 4.60. The van der Waals surface area contributed by atoms with Gasteiger partial charge in [-0.1, -0.05) is 27.5 Å². The molecule has 132 valence electrons. The van der Waals surface area contributed by atoms with Gasteiger partial charge in [-0.15, -0.1) is 0 Å². The normalized spacial score (nSPS) is 10.8. The molecule has 0 spiro atoms. The molecule has 0 saturated heterocycles. The Hall–Kier alpha value is -1.57. The highest BCUT2D eigenvalue weighted by Gasteiger charge is 2.08. The van der Waals surface area contributed by atoms with E-state index in [-0.39, 0.29) is 12.5 Å². The summed E-state index contributed by atoms with van der Waals surface area (Å²) in [5.74, 6) is 0.810. The first-order valence-corrected chi connectivity index (χ1v) is 9.11. The molecule has 0 radical (unpaired) electrons. The molecule has 0 atom stereocenters. The van der Waals surface area contributed by atoms with Gasteiger partial charge in [0.2, 0.25) is 0 Å². The number of nitrogens with one attached hydrogen (secondary N) is 1. The van der Waals surface area contributed by atoms with Gasteiger partial charge >= 0.3 is 0 Å². The maximum atomic E-state index is 11.8. The topological polar surface area (TPSA) is 59.9 Å². The fraction of sp³-hybridized carbons (Fsp3) is 0.176. The molecule has 0 unspecified atom stereocenters. The molecule has 0 aromatic heterocycles. The molecule has 0 bridgehead atoms. The van der Waals surface area contributed by atoms with Crippen LogP contribution in [0.3, 0.4) is 0 Å². The first-order valence-electron chi connectivity index (χ1n) is 7.14. The van der Waals surface area contributed by atoms with E-state index in [2.05, 4.69) is 42.4 Å². The van der Waals surface area contributed by atoms with Crippen LogP contribution in [0.15, 0.2) is 44.4 Å². The highest BCUT2D eigenvalue weighted by Crippen LogP contribution is 2.31. The highest BCUT2D eigenvalue weighted by atomic mass is 79.9. The number of carbonyl (C=O) groups excluding carboxylic acids is 1. The maximum Gasteiger partial charge on any atom is 0.277 e. The lowest BCUT2D eigenvalue weighted by Crippen LogP contribution is -2.24. The number of carbonyl (C=O) groups is 1. The molecule has 2 aromatic rings. The van der Waals surface area contributed by atoms with Crippen LogP contribution >= 0.6 is 43.5 Å². The van der Waals surface area contributed by atoms with Crippen LogP contribution in [0.4, 0.5) is 0 Å². The number of methoxy groups -OCH3 is 1. The Balaban J connectivity index is 1.93. The number of hydrogen-bond acceptors (Lipinski definition) is 4. The lowest BCUT2D eigenvalue weighted by atomic mass is 10.2. The van der Waals surface area contributed by atoms with Crippen LogP contribution in [-0.4, -0.2) is 25.8 Å². The molecule has 0 aliphatic rings. The highest BCUT2D eigenvalue weighted by molar-refractivity contribution is 9.11. The second-order valence-electron chi connectivity index (χ2n) is 5.00. The van der Waals surface area contributed by atoms with Crippen molar-refractivity contribution in [2.24, 2.45) is 5.10 Å². The van der Waals surface area contributed by atoms with Gasteiger partial charge in [0.05, 0.1) is 17.8 Å². The van der Waals surface area contributed by atoms with E-state index >= 15 is 0 Å². The summed E-state index contributed by atoms with van der Waals surface area (Å²) in [4.78, 5) is 11.8. The molecule has 0 aliphatic heterocycles. The van der Waals surface area contributed by atoms with Crippen molar-refractivity contribution in [3.05, 3.63) is 55.4 Å². The van der Waals surface area contributed by atoms with Gasteiger partial charge < -0.3 is 9.47 Å². The molecule has 2 aromatic carbocycles. The number of hydrazone groups is 1. The number of nitrogens with zero attached hydrogens (tertiary/aromatic N) is 1. The van der Waals surface area contributed by atoms with Crippen LogP contribution in [0, 0.1) is 6.92 Å². The predicted molar refractivity (Wildman–Crippen MR) is 106 cm³/mol. The average molecular weight is 491 g/mol. The number of hydrogen-bond donors (Lipinski definition) is 1. The van der Waals surface area contributed by atoms with E-state index in [4.69, 9.17) is 21.1 Å². The van der Waals surface area contributed by atoms with Crippen LogP contribution in [0.5, 0.6) is 11.5 Å². The molecule has 1 amide bonds. The lowest BCUT2D eigenvalue weighted by Gasteiger charge is -2.08. The Kier molecular flexibility index (Phi) is 7.28. The Morgan fingerprint density at radius 1 is 1.32 bits per heavy atom. The van der Waals surface area contributed by atoms with Gasteiger partial charge in [0.25, 0.3) is 5.91 Å². The molecule has 1 N–H and O–H groups in total. The van der Waals surface area contributed by atoms with Gasteiger partial charge in [0, 0.05) is 15.1 Å². The van der Waals surface area contributed by atoms with Crippen molar-refractivity contribution in [3.63, 3.8) is 0 Å². The Labute approximate surface area is 167 Å². The number of ether oxygens (including phenoxy) is 2. The first kappa shape index (κ1) is 19.8. The minimum absolute atomic E-state index is 0.155. The van der Waals surface area contributed by atoms with Gasteiger partial charge in [-0.05, 0) is 58.7 Å². The fourth-order valence-corrected chi connectivity index (χ4v) is 3.49. The molecule has 25 heavy (non-hydrogen) atoms. The Bertz CT molecular complexity index is 813. The second kappa shape index (κ2) is 9.22. The average Bonchev–Trinajstić information content (AvgIpc) is 2.55. The molecule has 5 nitrogen and oxygen atoms in total. The molecule has 0 heterocycles. The lowest BCUT2D eigenvalue weighted by molar-refractivity contribution is -0.123. The van der Waals surface area contributed by atoms with Crippen molar-refractivity contribution < 1.29 is 14.3 Å². The number of halogens is 3. The monoisotopic (exact) mass is 488 g/mol. The van der Waals surface area contributed by atoms with E-state index < -0.39 is 0 Å². The van der Waals surface area contributed by atoms with Crippen LogP contribution in [-0.2, 0) is 4.79 Å². The molecular weight excluding hydrogens is 475 g/mol. The minimum Gasteiger partial charge on any atom is -0.495 e. The summed E-state index contributed by atoms with van der Waals surface area (Å²) < 4.78 is 12.3. The van der Waals surface area contributed by atoms with Crippen molar-refractivity contribution in [1.29, 1.82) is 0 Å². The van der Waals surface area contributed by atoms with E-state index in [1.54, 1.807) is 25.3 Å². The van der Waals surface area contributed by atoms with Crippen molar-refractivity contribution >= 4 is 55.6 Å². The number of rotatable bonds is 6. The van der Waals surface area contributed by atoms with E-state index in [1.807, 2.05) is 19.1 Å². The van der Waals surface area contributed by atoms with Crippen molar-refractivity contribution in [3.8, 4) is 11.5 Å². The van der Waals surface area contributed by atoms with Crippen molar-refractivity contribution in [1.82, 2.24) is 5.43 Å². The zero-order valence-corrected chi connectivity index (χ0v) is 17.4. The van der Waals surface area contributed by atoms with Crippen molar-refractivity contribution in [2.45, 2.75) is 6.92 Å². The zero-order valence-electron chi connectivity index (χ0n) is 13.5. The summed E-state index contributed by atoms with van der Waals surface area (Å²) in [5.41, 5.74) is 4.00. The first-order chi connectivity index (χ1) is 11.9. The summed E-state index contributed by atoms with van der Waals surface area (Å²) in [6.07, 6.45) is 1.50. The Morgan fingerprint density at radius 3 is 2.76 bits per heavy atom. The standard InChI is InChI=1S/C17H15Br2ClN2O3/c1-10-5-13(3-4-15(10)20)25-9-16(23)22-21-8-11-6-12(18)7-14(19)17(11)24-2/h3-8H,9H2,1-2H3,(H,22,23)/b21-8+. The zero-order chi connectivity index (χ0) is 18.4. The quantitative estimate of drug-likeness (QED) is 0.471. The molecule has 2 rings (SSSR count). The fourth-order valence-electron chi connectivity index (χ4n) is 1.95. The summed E-state index contributed by atoms with van der Waals surface area (Å²) in [6.45, 7) is 1.71. The molecule has 8 heteroatoms. The smallest absolute Gasteiger partial charge is 0.277 e. The van der Waals surface area contributed by atoms with Gasteiger partial charge in [0.1, 0.15) is 11.5 Å².